The van der Waals surface area contributed by atoms with Gasteiger partial charge in [0.25, 0.3) is 0 Å². The maximum Gasteiger partial charge on any atom is 0.191 e. The second kappa shape index (κ2) is 9.18. The maximum atomic E-state index is 4.19. The number of hydrogen-bond donors (Lipinski definition) is 2. The lowest BCUT2D eigenvalue weighted by atomic mass is 10.2. The molecule has 1 atom stereocenters. The molecule has 0 radical (unpaired) electrons. The summed E-state index contributed by atoms with van der Waals surface area (Å²) in [5.74, 6) is 1.35. The standard InChI is InChI=1S/C12H23N5.HI/c1-10(2)16-12(13-4)14-8-11(3)9-17-7-5-6-15-17;/h5-7,10-11H,8-9H2,1-4H3,(H2,13,14,16);1H. The molecular formula is C12H24IN5. The highest BCUT2D eigenvalue weighted by molar-refractivity contribution is 14.0. The van der Waals surface area contributed by atoms with Crippen LogP contribution in [-0.2, 0) is 6.54 Å². The molecule has 0 aliphatic carbocycles. The van der Waals surface area contributed by atoms with E-state index in [2.05, 4.69) is 41.5 Å². The molecule has 0 bridgehead atoms. The molecule has 0 aromatic carbocycles. The van der Waals surface area contributed by atoms with Crippen LogP contribution in [0.5, 0.6) is 0 Å². The lowest BCUT2D eigenvalue weighted by Gasteiger charge is -2.17. The molecule has 18 heavy (non-hydrogen) atoms. The van der Waals surface area contributed by atoms with Gasteiger partial charge in [-0.2, -0.15) is 5.10 Å². The zero-order valence-corrected chi connectivity index (χ0v) is 13.9. The molecular weight excluding hydrogens is 341 g/mol. The highest BCUT2D eigenvalue weighted by Gasteiger charge is 2.05. The van der Waals surface area contributed by atoms with Crippen molar-refractivity contribution >= 4 is 29.9 Å². The number of rotatable bonds is 5. The fourth-order valence-electron chi connectivity index (χ4n) is 1.53. The first-order valence-corrected chi connectivity index (χ1v) is 6.06. The van der Waals surface area contributed by atoms with Gasteiger partial charge in [0.2, 0.25) is 0 Å². The molecule has 0 amide bonds. The van der Waals surface area contributed by atoms with Crippen molar-refractivity contribution in [3.63, 3.8) is 0 Å². The zero-order valence-electron chi connectivity index (χ0n) is 11.6. The molecule has 104 valence electrons. The van der Waals surface area contributed by atoms with Crippen LogP contribution in [0.4, 0.5) is 0 Å². The molecule has 1 rings (SSSR count). The van der Waals surface area contributed by atoms with E-state index in [1.165, 1.54) is 0 Å². The third-order valence-electron chi connectivity index (χ3n) is 2.32. The molecule has 5 nitrogen and oxygen atoms in total. The Bertz CT molecular complexity index is 334. The molecule has 0 spiro atoms. The average molecular weight is 365 g/mol. The van der Waals surface area contributed by atoms with E-state index in [1.54, 1.807) is 13.2 Å². The van der Waals surface area contributed by atoms with Crippen molar-refractivity contribution in [2.75, 3.05) is 13.6 Å². The number of aromatic nitrogens is 2. The third-order valence-corrected chi connectivity index (χ3v) is 2.32. The summed E-state index contributed by atoms with van der Waals surface area (Å²) in [5.41, 5.74) is 0. The van der Waals surface area contributed by atoms with Crippen molar-refractivity contribution in [3.05, 3.63) is 18.5 Å². The second-order valence-corrected chi connectivity index (χ2v) is 4.59. The number of nitrogens with one attached hydrogen (secondary N) is 2. The van der Waals surface area contributed by atoms with Crippen LogP contribution in [0.2, 0.25) is 0 Å². The van der Waals surface area contributed by atoms with Crippen LogP contribution in [0.15, 0.2) is 23.5 Å². The Morgan fingerprint density at radius 2 is 2.11 bits per heavy atom. The fourth-order valence-corrected chi connectivity index (χ4v) is 1.53. The monoisotopic (exact) mass is 365 g/mol. The predicted molar refractivity (Wildman–Crippen MR) is 86.4 cm³/mol. The van der Waals surface area contributed by atoms with E-state index in [-0.39, 0.29) is 24.0 Å². The van der Waals surface area contributed by atoms with Crippen molar-refractivity contribution in [1.29, 1.82) is 0 Å². The summed E-state index contributed by atoms with van der Waals surface area (Å²) in [6.45, 7) is 8.18. The minimum Gasteiger partial charge on any atom is -0.356 e. The summed E-state index contributed by atoms with van der Waals surface area (Å²) >= 11 is 0. The molecule has 1 aromatic heterocycles. The van der Waals surface area contributed by atoms with Crippen molar-refractivity contribution in [3.8, 4) is 0 Å². The SMILES string of the molecule is CN=C(NCC(C)Cn1cccn1)NC(C)C.I. The molecule has 0 saturated carbocycles. The van der Waals surface area contributed by atoms with Gasteiger partial charge in [0.15, 0.2) is 5.96 Å². The molecule has 0 aliphatic heterocycles. The van der Waals surface area contributed by atoms with Gasteiger partial charge in [0.05, 0.1) is 0 Å². The second-order valence-electron chi connectivity index (χ2n) is 4.59. The number of aliphatic imine (C=N–C) groups is 1. The quantitative estimate of drug-likeness (QED) is 0.475. The first-order chi connectivity index (χ1) is 8.11. The minimum atomic E-state index is 0. The maximum absolute atomic E-state index is 4.19. The molecule has 0 aliphatic rings. The minimum absolute atomic E-state index is 0. The predicted octanol–water partition coefficient (Wildman–Crippen LogP) is 1.71. The summed E-state index contributed by atoms with van der Waals surface area (Å²) < 4.78 is 1.95. The first kappa shape index (κ1) is 17.2. The lowest BCUT2D eigenvalue weighted by molar-refractivity contribution is 0.442. The van der Waals surface area contributed by atoms with E-state index < -0.39 is 0 Å². The van der Waals surface area contributed by atoms with Gasteiger partial charge in [-0.25, -0.2) is 0 Å². The Hall–Kier alpha value is -0.790. The van der Waals surface area contributed by atoms with Crippen molar-refractivity contribution in [2.24, 2.45) is 10.9 Å². The van der Waals surface area contributed by atoms with Gasteiger partial charge in [-0.15, -0.1) is 24.0 Å². The first-order valence-electron chi connectivity index (χ1n) is 6.06. The van der Waals surface area contributed by atoms with Crippen LogP contribution >= 0.6 is 24.0 Å². The van der Waals surface area contributed by atoms with E-state index in [4.69, 9.17) is 0 Å². The molecule has 1 unspecified atom stereocenters. The Balaban J connectivity index is 0.00000289. The average Bonchev–Trinajstić information content (AvgIpc) is 2.76. The largest absolute Gasteiger partial charge is 0.356 e. The van der Waals surface area contributed by atoms with Crippen LogP contribution in [0.3, 0.4) is 0 Å². The van der Waals surface area contributed by atoms with E-state index >= 15 is 0 Å². The van der Waals surface area contributed by atoms with Crippen LogP contribution in [0.1, 0.15) is 20.8 Å². The van der Waals surface area contributed by atoms with Gasteiger partial charge < -0.3 is 10.6 Å². The number of hydrogen-bond acceptors (Lipinski definition) is 2. The molecule has 0 saturated heterocycles. The summed E-state index contributed by atoms with van der Waals surface area (Å²) in [5, 5.41) is 10.8. The zero-order chi connectivity index (χ0) is 12.7. The Labute approximate surface area is 126 Å². The summed E-state index contributed by atoms with van der Waals surface area (Å²) in [7, 11) is 1.79. The van der Waals surface area contributed by atoms with Gasteiger partial charge in [-0.1, -0.05) is 6.92 Å². The highest BCUT2D eigenvalue weighted by Crippen LogP contribution is 1.97. The lowest BCUT2D eigenvalue weighted by Crippen LogP contribution is -2.43. The number of halogens is 1. The smallest absolute Gasteiger partial charge is 0.191 e. The highest BCUT2D eigenvalue weighted by atomic mass is 127. The van der Waals surface area contributed by atoms with Crippen LogP contribution < -0.4 is 10.6 Å². The molecule has 2 N–H and O–H groups in total. The van der Waals surface area contributed by atoms with Gasteiger partial charge in [0, 0.05) is 38.6 Å². The van der Waals surface area contributed by atoms with Gasteiger partial charge >= 0.3 is 0 Å². The Morgan fingerprint density at radius 1 is 1.39 bits per heavy atom. The number of guanidine groups is 1. The molecule has 1 heterocycles. The van der Waals surface area contributed by atoms with E-state index in [0.717, 1.165) is 19.0 Å². The van der Waals surface area contributed by atoms with E-state index in [0.29, 0.717) is 12.0 Å². The topological polar surface area (TPSA) is 54.2 Å². The van der Waals surface area contributed by atoms with Gasteiger partial charge in [0.1, 0.15) is 0 Å². The van der Waals surface area contributed by atoms with E-state index in [9.17, 15) is 0 Å². The fraction of sp³-hybridized carbons (Fsp3) is 0.667. The van der Waals surface area contributed by atoms with Crippen molar-refractivity contribution in [2.45, 2.75) is 33.4 Å². The van der Waals surface area contributed by atoms with Gasteiger partial charge in [-0.05, 0) is 25.8 Å². The normalized spacial score (nSPS) is 13.1. The van der Waals surface area contributed by atoms with Crippen LogP contribution in [0.25, 0.3) is 0 Å². The third kappa shape index (κ3) is 6.83. The van der Waals surface area contributed by atoms with Crippen LogP contribution in [-0.4, -0.2) is 35.4 Å². The molecule has 1 aromatic rings. The summed E-state index contributed by atoms with van der Waals surface area (Å²) in [6, 6.07) is 2.34. The van der Waals surface area contributed by atoms with Crippen LogP contribution in [0, 0.1) is 5.92 Å². The number of nitrogens with zero attached hydrogens (tertiary/aromatic N) is 3. The van der Waals surface area contributed by atoms with Gasteiger partial charge in [-0.3, -0.25) is 9.67 Å². The Morgan fingerprint density at radius 3 is 2.61 bits per heavy atom. The summed E-state index contributed by atoms with van der Waals surface area (Å²) in [4.78, 5) is 4.17. The van der Waals surface area contributed by atoms with Crippen molar-refractivity contribution in [1.82, 2.24) is 20.4 Å². The van der Waals surface area contributed by atoms with Crippen molar-refractivity contribution < 1.29 is 0 Å². The van der Waals surface area contributed by atoms with E-state index in [1.807, 2.05) is 16.9 Å². The molecule has 0 fully saturated rings. The summed E-state index contributed by atoms with van der Waals surface area (Å²) in [6.07, 6.45) is 3.79. The molecule has 6 heteroatoms. The Kier molecular flexibility index (Phi) is 8.78.